The Morgan fingerprint density at radius 1 is 1.09 bits per heavy atom. The lowest BCUT2D eigenvalue weighted by Gasteiger charge is -2.07. The standard InChI is InChI=1S/C17H12INO3/c1-10-15(17(21)22)13-7-2-3-8-14(13)19(10)16(20)11-5-4-6-12(18)9-11/h2-9H,1H3,(H,21,22). The van der Waals surface area contributed by atoms with Crippen LogP contribution in [0.2, 0.25) is 0 Å². The summed E-state index contributed by atoms with van der Waals surface area (Å²) in [6, 6.07) is 14.3. The van der Waals surface area contributed by atoms with Gasteiger partial charge in [0.15, 0.2) is 0 Å². The smallest absolute Gasteiger partial charge is 0.338 e. The second kappa shape index (κ2) is 5.57. The second-order valence-corrected chi connectivity index (χ2v) is 6.18. The molecule has 1 N–H and O–H groups in total. The summed E-state index contributed by atoms with van der Waals surface area (Å²) in [4.78, 5) is 24.4. The molecule has 0 saturated carbocycles. The van der Waals surface area contributed by atoms with E-state index in [1.807, 2.05) is 12.1 Å². The Hall–Kier alpha value is -2.15. The molecule has 0 radical (unpaired) electrons. The molecule has 0 atom stereocenters. The summed E-state index contributed by atoms with van der Waals surface area (Å²) in [6.07, 6.45) is 0. The van der Waals surface area contributed by atoms with Crippen molar-refractivity contribution in [2.75, 3.05) is 0 Å². The van der Waals surface area contributed by atoms with Crippen LogP contribution < -0.4 is 0 Å². The number of fused-ring (bicyclic) bond motifs is 1. The minimum absolute atomic E-state index is 0.176. The van der Waals surface area contributed by atoms with E-state index in [1.54, 1.807) is 43.3 Å². The average Bonchev–Trinajstić information content (AvgIpc) is 2.78. The number of hydrogen-bond donors (Lipinski definition) is 1. The van der Waals surface area contributed by atoms with E-state index in [2.05, 4.69) is 22.6 Å². The van der Waals surface area contributed by atoms with Crippen molar-refractivity contribution >= 4 is 45.4 Å². The van der Waals surface area contributed by atoms with Crippen LogP contribution in [-0.4, -0.2) is 21.6 Å². The summed E-state index contributed by atoms with van der Waals surface area (Å²) in [5, 5.41) is 10.0. The highest BCUT2D eigenvalue weighted by Crippen LogP contribution is 2.27. The van der Waals surface area contributed by atoms with E-state index >= 15 is 0 Å². The second-order valence-electron chi connectivity index (χ2n) is 4.93. The number of aromatic carboxylic acids is 1. The summed E-state index contributed by atoms with van der Waals surface area (Å²) < 4.78 is 2.43. The van der Waals surface area contributed by atoms with E-state index in [0.29, 0.717) is 22.2 Å². The molecule has 0 spiro atoms. The maximum absolute atomic E-state index is 12.8. The van der Waals surface area contributed by atoms with Gasteiger partial charge < -0.3 is 5.11 Å². The van der Waals surface area contributed by atoms with Gasteiger partial charge in [0.25, 0.3) is 5.91 Å². The Balaban J connectivity index is 2.29. The van der Waals surface area contributed by atoms with Gasteiger partial charge in [0.2, 0.25) is 0 Å². The number of nitrogens with zero attached hydrogens (tertiary/aromatic N) is 1. The Bertz CT molecular complexity index is 911. The van der Waals surface area contributed by atoms with Gasteiger partial charge in [-0.3, -0.25) is 9.36 Å². The van der Waals surface area contributed by atoms with Gasteiger partial charge in [-0.1, -0.05) is 24.3 Å². The van der Waals surface area contributed by atoms with Gasteiger partial charge in [-0.15, -0.1) is 0 Å². The SMILES string of the molecule is Cc1c(C(=O)O)c2ccccc2n1C(=O)c1cccc(I)c1. The number of benzene rings is 2. The zero-order chi connectivity index (χ0) is 15.9. The number of carbonyl (C=O) groups excluding carboxylic acids is 1. The molecule has 0 aliphatic carbocycles. The summed E-state index contributed by atoms with van der Waals surface area (Å²) in [5.74, 6) is -1.25. The normalized spacial score (nSPS) is 10.8. The topological polar surface area (TPSA) is 59.3 Å². The first-order chi connectivity index (χ1) is 10.5. The van der Waals surface area contributed by atoms with E-state index in [1.165, 1.54) is 4.57 Å². The molecule has 3 aromatic rings. The van der Waals surface area contributed by atoms with E-state index in [4.69, 9.17) is 0 Å². The fourth-order valence-electron chi connectivity index (χ4n) is 2.65. The molecule has 3 rings (SSSR count). The molecular weight excluding hydrogens is 393 g/mol. The highest BCUT2D eigenvalue weighted by atomic mass is 127. The first-order valence-electron chi connectivity index (χ1n) is 6.64. The van der Waals surface area contributed by atoms with Crippen LogP contribution >= 0.6 is 22.6 Å². The van der Waals surface area contributed by atoms with Crippen molar-refractivity contribution < 1.29 is 14.7 Å². The third-order valence-electron chi connectivity index (χ3n) is 3.60. The number of rotatable bonds is 2. The van der Waals surface area contributed by atoms with E-state index in [-0.39, 0.29) is 11.5 Å². The highest BCUT2D eigenvalue weighted by Gasteiger charge is 2.23. The Morgan fingerprint density at radius 2 is 1.82 bits per heavy atom. The predicted octanol–water partition coefficient (Wildman–Crippen LogP) is 3.94. The molecule has 1 aromatic heterocycles. The number of hydrogen-bond acceptors (Lipinski definition) is 2. The van der Waals surface area contributed by atoms with Crippen LogP contribution in [0.25, 0.3) is 10.9 Å². The molecule has 0 amide bonds. The third-order valence-corrected chi connectivity index (χ3v) is 4.27. The number of carboxylic acid groups (broad SMARTS) is 1. The third kappa shape index (κ3) is 2.31. The van der Waals surface area contributed by atoms with E-state index in [9.17, 15) is 14.7 Å². The van der Waals surface area contributed by atoms with Crippen molar-refractivity contribution in [3.8, 4) is 0 Å². The molecule has 4 nitrogen and oxygen atoms in total. The molecular formula is C17H12INO3. The van der Waals surface area contributed by atoms with Gasteiger partial charge in [0, 0.05) is 20.2 Å². The first kappa shape index (κ1) is 14.8. The number of halogens is 1. The number of carbonyl (C=O) groups is 2. The number of aromatic nitrogens is 1. The molecule has 2 aromatic carbocycles. The lowest BCUT2D eigenvalue weighted by Crippen LogP contribution is -2.14. The van der Waals surface area contributed by atoms with Crippen LogP contribution in [0, 0.1) is 10.5 Å². The number of carboxylic acids is 1. The quantitative estimate of drug-likeness (QED) is 0.658. The van der Waals surface area contributed by atoms with Crippen LogP contribution in [-0.2, 0) is 0 Å². The first-order valence-corrected chi connectivity index (χ1v) is 7.72. The van der Waals surface area contributed by atoms with Crippen molar-refractivity contribution in [3.05, 3.63) is 68.9 Å². The van der Waals surface area contributed by atoms with Gasteiger partial charge in [-0.2, -0.15) is 0 Å². The lowest BCUT2D eigenvalue weighted by atomic mass is 10.1. The summed E-state index contributed by atoms with van der Waals surface area (Å²) in [5.41, 5.74) is 1.76. The van der Waals surface area contributed by atoms with Crippen LogP contribution in [0.4, 0.5) is 0 Å². The molecule has 0 fully saturated rings. The van der Waals surface area contributed by atoms with Crippen LogP contribution in [0.5, 0.6) is 0 Å². The minimum atomic E-state index is -1.03. The van der Waals surface area contributed by atoms with E-state index < -0.39 is 5.97 Å². The Morgan fingerprint density at radius 3 is 2.50 bits per heavy atom. The number of para-hydroxylation sites is 1. The van der Waals surface area contributed by atoms with Crippen molar-refractivity contribution in [1.82, 2.24) is 4.57 Å². The van der Waals surface area contributed by atoms with E-state index in [0.717, 1.165) is 3.57 Å². The molecule has 110 valence electrons. The van der Waals surface area contributed by atoms with Crippen molar-refractivity contribution in [2.24, 2.45) is 0 Å². The molecule has 1 heterocycles. The summed E-state index contributed by atoms with van der Waals surface area (Å²) in [7, 11) is 0. The summed E-state index contributed by atoms with van der Waals surface area (Å²) >= 11 is 2.15. The zero-order valence-corrected chi connectivity index (χ0v) is 13.9. The van der Waals surface area contributed by atoms with Gasteiger partial charge >= 0.3 is 5.97 Å². The molecule has 22 heavy (non-hydrogen) atoms. The molecule has 0 unspecified atom stereocenters. The monoisotopic (exact) mass is 405 g/mol. The molecule has 0 aliphatic rings. The van der Waals surface area contributed by atoms with Gasteiger partial charge in [-0.05, 0) is 53.8 Å². The maximum atomic E-state index is 12.8. The molecule has 0 bridgehead atoms. The van der Waals surface area contributed by atoms with Gasteiger partial charge in [-0.25, -0.2) is 4.79 Å². The summed E-state index contributed by atoms with van der Waals surface area (Å²) in [6.45, 7) is 1.66. The Labute approximate surface area is 140 Å². The molecule has 0 aliphatic heterocycles. The highest BCUT2D eigenvalue weighted by molar-refractivity contribution is 14.1. The molecule has 0 saturated heterocycles. The Kier molecular flexibility index (Phi) is 3.74. The minimum Gasteiger partial charge on any atom is -0.478 e. The van der Waals surface area contributed by atoms with Gasteiger partial charge in [0.1, 0.15) is 0 Å². The van der Waals surface area contributed by atoms with Gasteiger partial charge in [0.05, 0.1) is 11.1 Å². The van der Waals surface area contributed by atoms with Crippen molar-refractivity contribution in [1.29, 1.82) is 0 Å². The van der Waals surface area contributed by atoms with Crippen LogP contribution in [0.15, 0.2) is 48.5 Å². The van der Waals surface area contributed by atoms with Crippen LogP contribution in [0.3, 0.4) is 0 Å². The fourth-order valence-corrected chi connectivity index (χ4v) is 3.19. The average molecular weight is 405 g/mol. The zero-order valence-electron chi connectivity index (χ0n) is 11.7. The maximum Gasteiger partial charge on any atom is 0.338 e. The predicted molar refractivity (Wildman–Crippen MR) is 92.5 cm³/mol. The van der Waals surface area contributed by atoms with Crippen molar-refractivity contribution in [3.63, 3.8) is 0 Å². The molecule has 5 heteroatoms. The lowest BCUT2D eigenvalue weighted by molar-refractivity contribution is 0.0698. The van der Waals surface area contributed by atoms with Crippen LogP contribution in [0.1, 0.15) is 26.4 Å². The largest absolute Gasteiger partial charge is 0.478 e. The fraction of sp³-hybridized carbons (Fsp3) is 0.0588. The van der Waals surface area contributed by atoms with Crippen molar-refractivity contribution in [2.45, 2.75) is 6.92 Å².